The van der Waals surface area contributed by atoms with Crippen molar-refractivity contribution in [3.05, 3.63) is 41.7 Å². The highest BCUT2D eigenvalue weighted by molar-refractivity contribution is 6.66. The number of ether oxygens (including phenoxy) is 2. The third kappa shape index (κ3) is 4.47. The number of hydrogen-bond donors (Lipinski definition) is 0. The lowest BCUT2D eigenvalue weighted by Crippen LogP contribution is -2.08. The topological polar surface area (TPSA) is 57.1 Å². The summed E-state index contributed by atoms with van der Waals surface area (Å²) in [6.07, 6.45) is 4.76. The fourth-order valence-electron chi connectivity index (χ4n) is 1.62. The van der Waals surface area contributed by atoms with Gasteiger partial charge in [-0.2, -0.15) is 0 Å². The predicted molar refractivity (Wildman–Crippen MR) is 87.5 cm³/mol. The van der Waals surface area contributed by atoms with Crippen LogP contribution in [0.15, 0.2) is 24.5 Å². The van der Waals surface area contributed by atoms with Crippen molar-refractivity contribution in [1.82, 2.24) is 15.0 Å². The van der Waals surface area contributed by atoms with Crippen molar-refractivity contribution in [2.45, 2.75) is 3.79 Å². The Morgan fingerprint density at radius 2 is 1.59 bits per heavy atom. The van der Waals surface area contributed by atoms with E-state index < -0.39 is 3.79 Å². The van der Waals surface area contributed by atoms with Gasteiger partial charge in [0.25, 0.3) is 0 Å². The van der Waals surface area contributed by atoms with E-state index in [1.807, 2.05) is 12.1 Å². The molecule has 0 amide bonds. The number of nitrogens with zero attached hydrogens (tertiary/aromatic N) is 3. The largest absolute Gasteiger partial charge is 0.497 e. The highest BCUT2D eigenvalue weighted by Gasteiger charge is 2.26. The van der Waals surface area contributed by atoms with Crippen LogP contribution in [0.3, 0.4) is 0 Å². The molecule has 0 bridgehead atoms. The first kappa shape index (κ1) is 16.8. The van der Waals surface area contributed by atoms with Crippen LogP contribution in [0.2, 0.25) is 0 Å². The van der Waals surface area contributed by atoms with Crippen LogP contribution in [0, 0.1) is 0 Å². The van der Waals surface area contributed by atoms with Gasteiger partial charge in [-0.25, -0.2) is 15.0 Å². The Labute approximate surface area is 142 Å². The maximum absolute atomic E-state index is 5.75. The van der Waals surface area contributed by atoms with E-state index in [4.69, 9.17) is 44.3 Å². The van der Waals surface area contributed by atoms with Gasteiger partial charge in [-0.15, -0.1) is 0 Å². The molecule has 0 spiro atoms. The Morgan fingerprint density at radius 1 is 0.955 bits per heavy atom. The fraction of sp³-hybridized carbons (Fsp3) is 0.214. The third-order valence-corrected chi connectivity index (χ3v) is 3.15. The van der Waals surface area contributed by atoms with Gasteiger partial charge in [0.2, 0.25) is 3.79 Å². The van der Waals surface area contributed by atoms with Crippen molar-refractivity contribution in [2.75, 3.05) is 14.2 Å². The number of hydrogen-bond acceptors (Lipinski definition) is 5. The molecule has 116 valence electrons. The maximum Gasteiger partial charge on any atom is 0.250 e. The summed E-state index contributed by atoms with van der Waals surface area (Å²) in [5.74, 6) is 1.79. The van der Waals surface area contributed by atoms with E-state index in [1.54, 1.807) is 32.4 Å². The number of rotatable bonds is 4. The summed E-state index contributed by atoms with van der Waals surface area (Å²) in [7, 11) is 3.17. The molecule has 0 aliphatic heterocycles. The zero-order valence-corrected chi connectivity index (χ0v) is 14.0. The van der Waals surface area contributed by atoms with Gasteiger partial charge in [-0.3, -0.25) is 0 Å². The van der Waals surface area contributed by atoms with Gasteiger partial charge in [-0.1, -0.05) is 40.9 Å². The molecule has 0 saturated carbocycles. The van der Waals surface area contributed by atoms with Crippen LogP contribution in [0.1, 0.15) is 17.2 Å². The molecule has 0 unspecified atom stereocenters. The molecular formula is C14H12Cl3N3O2. The molecule has 1 aromatic heterocycles. The quantitative estimate of drug-likeness (QED) is 0.774. The molecule has 0 aliphatic carbocycles. The lowest BCUT2D eigenvalue weighted by Gasteiger charge is -2.08. The van der Waals surface area contributed by atoms with Crippen molar-refractivity contribution in [3.8, 4) is 11.5 Å². The van der Waals surface area contributed by atoms with Gasteiger partial charge < -0.3 is 9.47 Å². The number of halogens is 3. The van der Waals surface area contributed by atoms with Crippen LogP contribution in [0.5, 0.6) is 11.5 Å². The van der Waals surface area contributed by atoms with Crippen LogP contribution in [-0.2, 0) is 3.79 Å². The molecule has 0 saturated heterocycles. The van der Waals surface area contributed by atoms with Crippen LogP contribution in [0.25, 0.3) is 12.2 Å². The molecule has 1 aromatic carbocycles. The summed E-state index contributed by atoms with van der Waals surface area (Å²) >= 11 is 17.2. The Kier molecular flexibility index (Phi) is 5.45. The number of benzene rings is 1. The van der Waals surface area contributed by atoms with E-state index in [0.29, 0.717) is 17.3 Å². The van der Waals surface area contributed by atoms with Gasteiger partial charge in [0.05, 0.1) is 14.2 Å². The minimum absolute atomic E-state index is 0.0652. The van der Waals surface area contributed by atoms with E-state index >= 15 is 0 Å². The highest BCUT2D eigenvalue weighted by Crippen LogP contribution is 2.35. The third-order valence-electron chi connectivity index (χ3n) is 2.64. The molecule has 0 N–H and O–H groups in total. The Bertz CT molecular complexity index is 665. The molecule has 8 heteroatoms. The van der Waals surface area contributed by atoms with E-state index in [1.165, 1.54) is 6.33 Å². The average Bonchev–Trinajstić information content (AvgIpc) is 2.52. The second-order valence-electron chi connectivity index (χ2n) is 4.14. The Morgan fingerprint density at radius 3 is 2.14 bits per heavy atom. The van der Waals surface area contributed by atoms with Gasteiger partial charge >= 0.3 is 0 Å². The molecule has 2 rings (SSSR count). The Balaban J connectivity index is 2.29. The molecule has 2 aromatic rings. The minimum atomic E-state index is -1.69. The van der Waals surface area contributed by atoms with Crippen molar-refractivity contribution in [3.63, 3.8) is 0 Å². The number of alkyl halides is 3. The molecule has 0 atom stereocenters. The van der Waals surface area contributed by atoms with Gasteiger partial charge in [0.15, 0.2) is 11.6 Å². The van der Waals surface area contributed by atoms with E-state index in [2.05, 4.69) is 15.0 Å². The van der Waals surface area contributed by atoms with Gasteiger partial charge in [-0.05, 0) is 23.8 Å². The molecule has 22 heavy (non-hydrogen) atoms. The zero-order chi connectivity index (χ0) is 16.2. The predicted octanol–water partition coefficient (Wildman–Crippen LogP) is 3.89. The smallest absolute Gasteiger partial charge is 0.250 e. The molecule has 0 aliphatic rings. The summed E-state index contributed by atoms with van der Waals surface area (Å²) < 4.78 is 8.72. The molecule has 0 radical (unpaired) electrons. The van der Waals surface area contributed by atoms with Gasteiger partial charge in [0.1, 0.15) is 17.8 Å². The van der Waals surface area contributed by atoms with E-state index in [-0.39, 0.29) is 5.82 Å². The molecular weight excluding hydrogens is 349 g/mol. The summed E-state index contributed by atoms with van der Waals surface area (Å²) in [5, 5.41) is 0. The lowest BCUT2D eigenvalue weighted by molar-refractivity contribution is 0.394. The Hall–Kier alpha value is -1.56. The van der Waals surface area contributed by atoms with E-state index in [9.17, 15) is 0 Å². The minimum Gasteiger partial charge on any atom is -0.497 e. The van der Waals surface area contributed by atoms with Crippen molar-refractivity contribution >= 4 is 47.0 Å². The lowest BCUT2D eigenvalue weighted by atomic mass is 10.2. The normalized spacial score (nSPS) is 11.7. The SMILES string of the molecule is COc1cc(C=Cc2ncnc(C(Cl)(Cl)Cl)n2)cc(OC)c1. The van der Waals surface area contributed by atoms with Crippen LogP contribution < -0.4 is 9.47 Å². The number of methoxy groups -OCH3 is 2. The maximum atomic E-state index is 5.75. The van der Waals surface area contributed by atoms with Crippen molar-refractivity contribution in [1.29, 1.82) is 0 Å². The summed E-state index contributed by atoms with van der Waals surface area (Å²) in [6, 6.07) is 5.47. The summed E-state index contributed by atoms with van der Waals surface area (Å²) in [4.78, 5) is 11.9. The van der Waals surface area contributed by atoms with Crippen molar-refractivity contribution < 1.29 is 9.47 Å². The molecule has 5 nitrogen and oxygen atoms in total. The summed E-state index contributed by atoms with van der Waals surface area (Å²) in [6.45, 7) is 0. The van der Waals surface area contributed by atoms with Crippen molar-refractivity contribution in [2.24, 2.45) is 0 Å². The van der Waals surface area contributed by atoms with Crippen LogP contribution in [-0.4, -0.2) is 29.2 Å². The first-order chi connectivity index (χ1) is 10.4. The first-order valence-corrected chi connectivity index (χ1v) is 7.23. The second kappa shape index (κ2) is 7.13. The first-order valence-electron chi connectivity index (χ1n) is 6.10. The fourth-order valence-corrected chi connectivity index (χ4v) is 1.90. The zero-order valence-electron chi connectivity index (χ0n) is 11.8. The number of aromatic nitrogens is 3. The van der Waals surface area contributed by atoms with Crippen LogP contribution in [0.4, 0.5) is 0 Å². The molecule has 1 heterocycles. The van der Waals surface area contributed by atoms with E-state index in [0.717, 1.165) is 5.56 Å². The highest BCUT2D eigenvalue weighted by atomic mass is 35.6. The second-order valence-corrected chi connectivity index (χ2v) is 6.43. The standard InChI is InChI=1S/C14H12Cl3N3O2/c1-21-10-5-9(6-11(7-10)22-2)3-4-12-18-8-19-13(20-12)14(15,16)17/h3-8H,1-2H3. The van der Waals surface area contributed by atoms with Crippen LogP contribution >= 0.6 is 34.8 Å². The summed E-state index contributed by atoms with van der Waals surface area (Å²) in [5.41, 5.74) is 0.854. The average molecular weight is 361 g/mol. The van der Waals surface area contributed by atoms with Gasteiger partial charge in [0, 0.05) is 6.07 Å². The molecule has 0 fully saturated rings. The monoisotopic (exact) mass is 359 g/mol.